The van der Waals surface area contributed by atoms with Crippen molar-refractivity contribution in [1.29, 1.82) is 0 Å². The van der Waals surface area contributed by atoms with E-state index in [0.717, 1.165) is 12.0 Å². The van der Waals surface area contributed by atoms with E-state index in [1.165, 1.54) is 60.5 Å². The number of aliphatic hydroxyl groups is 1. The molecule has 306 valence electrons. The van der Waals surface area contributed by atoms with E-state index in [2.05, 4.69) is 10.6 Å². The lowest BCUT2D eigenvalue weighted by Gasteiger charge is -2.40. The van der Waals surface area contributed by atoms with Crippen molar-refractivity contribution in [2.24, 2.45) is 0 Å². The Kier molecular flexibility index (Phi) is 12.0. The summed E-state index contributed by atoms with van der Waals surface area (Å²) in [5.41, 5.74) is 2.05. The van der Waals surface area contributed by atoms with Crippen molar-refractivity contribution in [3.8, 4) is 33.9 Å². The fraction of sp³-hybridized carbons (Fsp3) is 0.295. The van der Waals surface area contributed by atoms with Gasteiger partial charge in [-0.25, -0.2) is 9.59 Å². The van der Waals surface area contributed by atoms with Crippen molar-refractivity contribution in [2.45, 2.75) is 50.4 Å². The average molecular weight is 806 g/mol. The number of aromatic hydroxyl groups is 1. The molecule has 0 aromatic heterocycles. The molecule has 3 amide bonds. The number of fused-ring (bicyclic) bond motifs is 5. The fourth-order valence-corrected chi connectivity index (χ4v) is 7.75. The molecular weight excluding hydrogens is 762 g/mol. The quantitative estimate of drug-likeness (QED) is 0.0694. The van der Waals surface area contributed by atoms with Crippen LogP contribution in [0.1, 0.15) is 48.0 Å². The van der Waals surface area contributed by atoms with Crippen LogP contribution < -0.4 is 20.8 Å². The molecular formula is C44H43N3O12. The minimum Gasteiger partial charge on any atom is -0.508 e. The number of phenolic OH excluding ortho intramolecular Hbond substituents is 1. The molecule has 0 saturated carbocycles. The number of rotatable bonds is 14. The molecule has 0 bridgehead atoms. The van der Waals surface area contributed by atoms with Gasteiger partial charge in [0.2, 0.25) is 11.8 Å². The van der Waals surface area contributed by atoms with Crippen LogP contribution in [0.4, 0.5) is 10.5 Å². The topological polar surface area (TPSA) is 214 Å². The van der Waals surface area contributed by atoms with Crippen molar-refractivity contribution >= 4 is 40.5 Å². The van der Waals surface area contributed by atoms with E-state index in [4.69, 9.17) is 18.6 Å². The van der Waals surface area contributed by atoms with Crippen molar-refractivity contribution in [3.63, 3.8) is 0 Å². The Hall–Kier alpha value is -6.71. The summed E-state index contributed by atoms with van der Waals surface area (Å²) in [5.74, 6) is -1.96. The van der Waals surface area contributed by atoms with Gasteiger partial charge in [0.1, 0.15) is 41.7 Å². The van der Waals surface area contributed by atoms with Gasteiger partial charge in [-0.1, -0.05) is 37.6 Å². The van der Waals surface area contributed by atoms with Gasteiger partial charge in [-0.2, -0.15) is 0 Å². The average Bonchev–Trinajstić information content (AvgIpc) is 3.61. The molecule has 0 saturated heterocycles. The number of carboxylic acid groups (broad SMARTS) is 1. The molecule has 0 fully saturated rings. The third-order valence-corrected chi connectivity index (χ3v) is 10.5. The van der Waals surface area contributed by atoms with Gasteiger partial charge < -0.3 is 44.2 Å². The Bertz CT molecular complexity index is 2480. The molecule has 15 nitrogen and oxygen atoms in total. The molecule has 5 N–H and O–H groups in total. The van der Waals surface area contributed by atoms with Crippen LogP contribution in [0.5, 0.6) is 11.5 Å². The number of phenols is 1. The van der Waals surface area contributed by atoms with Gasteiger partial charge in [0.15, 0.2) is 5.43 Å². The summed E-state index contributed by atoms with van der Waals surface area (Å²) < 4.78 is 22.7. The van der Waals surface area contributed by atoms with Crippen molar-refractivity contribution in [3.05, 3.63) is 112 Å². The molecule has 0 unspecified atom stereocenters. The highest BCUT2D eigenvalue weighted by atomic mass is 16.5. The first-order chi connectivity index (χ1) is 28.5. The molecule has 15 heteroatoms. The summed E-state index contributed by atoms with van der Waals surface area (Å²) in [4.78, 5) is 66.5. The second kappa shape index (κ2) is 17.4. The van der Waals surface area contributed by atoms with Crippen LogP contribution in [-0.4, -0.2) is 95.8 Å². The van der Waals surface area contributed by atoms with Gasteiger partial charge in [-0.3, -0.25) is 19.7 Å². The van der Waals surface area contributed by atoms with Crippen molar-refractivity contribution in [2.75, 3.05) is 38.7 Å². The number of hydrogen-bond donors (Lipinski definition) is 5. The molecule has 2 aliphatic carbocycles. The monoisotopic (exact) mass is 805 g/mol. The number of ether oxygens (including phenoxy) is 3. The Morgan fingerprint density at radius 2 is 1.75 bits per heavy atom. The summed E-state index contributed by atoms with van der Waals surface area (Å²) in [5, 5.41) is 37.8. The van der Waals surface area contributed by atoms with E-state index in [9.17, 15) is 39.3 Å². The zero-order valence-electron chi connectivity index (χ0n) is 32.3. The maximum Gasteiger partial charge on any atom is 0.411 e. The number of hydrogen-bond acceptors (Lipinski definition) is 11. The number of amides is 3. The number of carboxylic acids is 1. The first kappa shape index (κ1) is 40.5. The molecule has 4 aliphatic rings. The van der Waals surface area contributed by atoms with Crippen LogP contribution in [-0.2, 0) is 19.1 Å². The largest absolute Gasteiger partial charge is 0.508 e. The van der Waals surface area contributed by atoms with Crippen molar-refractivity contribution < 1.29 is 53.1 Å². The SMILES string of the molecule is CCCCC(=O)N(CCOC)[C@@H]1C=C(C(=O)NCCOC(=O)Nc2ccc(-c3c4ccc(=O)cc-4oc4cc(O)ccc34)c(C(=O)O)c2)[C@@H]2c3ccccc3O[C@@H]2[C@H]1O. The number of anilines is 1. The molecule has 2 heterocycles. The predicted octanol–water partition coefficient (Wildman–Crippen LogP) is 5.51. The standard InChI is InChI=1S/C44H43N3O12/c1-3-4-9-37(50)47(17-19-56-2)33-23-32(39-28-7-5-6-8-34(28)59-41(39)40(33)51)42(52)45-16-18-57-44(55)46-24-10-13-27(31(20-24)43(53)54)38-29-14-11-25(48)21-35(29)58-36-22-26(49)12-15-30(36)38/h5-8,10-15,20-23,33,39-41,48,51H,3-4,9,16-19H2,1-2H3,(H,45,52)(H,46,55)(H,53,54)/t33-,39+,40+,41+/m1/s1. The van der Waals surface area contributed by atoms with E-state index in [-0.39, 0.29) is 78.0 Å². The summed E-state index contributed by atoms with van der Waals surface area (Å²) in [7, 11) is 1.52. The summed E-state index contributed by atoms with van der Waals surface area (Å²) in [6.07, 6.45) is 0.454. The number of benzene rings is 4. The van der Waals surface area contributed by atoms with Crippen LogP contribution in [0.2, 0.25) is 0 Å². The Balaban J connectivity index is 1.06. The number of carbonyl (C=O) groups excluding carboxylic acids is 3. The van der Waals surface area contributed by atoms with Gasteiger partial charge in [0, 0.05) is 65.5 Å². The highest BCUT2D eigenvalue weighted by Gasteiger charge is 2.50. The highest BCUT2D eigenvalue weighted by Crippen LogP contribution is 2.47. The summed E-state index contributed by atoms with van der Waals surface area (Å²) in [6, 6.07) is 19.1. The predicted molar refractivity (Wildman–Crippen MR) is 216 cm³/mol. The Morgan fingerprint density at radius 1 is 0.949 bits per heavy atom. The molecule has 4 atom stereocenters. The molecule has 3 aromatic rings. The number of unbranched alkanes of at least 4 members (excludes halogenated alkanes) is 1. The van der Waals surface area contributed by atoms with Gasteiger partial charge in [-0.05, 0) is 60.5 Å². The van der Waals surface area contributed by atoms with Crippen LogP contribution in [0, 0.1) is 0 Å². The van der Waals surface area contributed by atoms with Gasteiger partial charge in [-0.15, -0.1) is 0 Å². The number of nitrogens with one attached hydrogen (secondary N) is 2. The van der Waals surface area contributed by atoms with Crippen LogP contribution in [0.3, 0.4) is 0 Å². The molecule has 59 heavy (non-hydrogen) atoms. The zero-order chi connectivity index (χ0) is 41.8. The van der Waals surface area contributed by atoms with Crippen molar-refractivity contribution in [1.82, 2.24) is 10.2 Å². The van der Waals surface area contributed by atoms with Crippen LogP contribution in [0.25, 0.3) is 33.4 Å². The molecule has 0 radical (unpaired) electrons. The minimum absolute atomic E-state index is 0.0841. The number of aromatic carboxylic acids is 1. The number of methoxy groups -OCH3 is 1. The van der Waals surface area contributed by atoms with E-state index in [1.54, 1.807) is 24.3 Å². The van der Waals surface area contributed by atoms with E-state index in [1.807, 2.05) is 19.1 Å². The van der Waals surface area contributed by atoms with Gasteiger partial charge in [0.25, 0.3) is 0 Å². The smallest absolute Gasteiger partial charge is 0.411 e. The lowest BCUT2D eigenvalue weighted by atomic mass is 9.77. The fourth-order valence-electron chi connectivity index (χ4n) is 7.75. The lowest BCUT2D eigenvalue weighted by Crippen LogP contribution is -2.56. The number of carbonyl (C=O) groups is 4. The Morgan fingerprint density at radius 3 is 2.53 bits per heavy atom. The second-order valence-corrected chi connectivity index (χ2v) is 14.3. The van der Waals surface area contributed by atoms with Crippen LogP contribution in [0.15, 0.2) is 99.7 Å². The maximum absolute atomic E-state index is 13.9. The molecule has 0 spiro atoms. The third kappa shape index (κ3) is 8.33. The van der Waals surface area contributed by atoms with E-state index < -0.39 is 42.1 Å². The number of nitrogens with zero attached hydrogens (tertiary/aromatic N) is 1. The lowest BCUT2D eigenvalue weighted by molar-refractivity contribution is -0.138. The molecule has 7 rings (SSSR count). The Labute approximate surface area is 338 Å². The molecule has 3 aromatic carbocycles. The third-order valence-electron chi connectivity index (χ3n) is 10.5. The van der Waals surface area contributed by atoms with E-state index in [0.29, 0.717) is 34.3 Å². The second-order valence-electron chi connectivity index (χ2n) is 14.3. The number of aliphatic hydroxyl groups excluding tert-OH is 1. The van der Waals surface area contributed by atoms with E-state index >= 15 is 0 Å². The zero-order valence-corrected chi connectivity index (χ0v) is 32.3. The normalized spacial score (nSPS) is 18.0. The van der Waals surface area contributed by atoms with Crippen LogP contribution >= 0.6 is 0 Å². The number of para-hydroxylation sites is 1. The first-order valence-electron chi connectivity index (χ1n) is 19.2. The summed E-state index contributed by atoms with van der Waals surface area (Å²) in [6.45, 7) is 2.05. The summed E-state index contributed by atoms with van der Waals surface area (Å²) >= 11 is 0. The highest BCUT2D eigenvalue weighted by molar-refractivity contribution is 6.08. The maximum atomic E-state index is 13.9. The first-order valence-corrected chi connectivity index (χ1v) is 19.2. The van der Waals surface area contributed by atoms with Gasteiger partial charge in [0.05, 0.1) is 30.7 Å². The molecule has 2 aliphatic heterocycles. The minimum atomic E-state index is -1.29. The van der Waals surface area contributed by atoms with Gasteiger partial charge >= 0.3 is 12.1 Å².